The fourth-order valence-corrected chi connectivity index (χ4v) is 8.68. The first kappa shape index (κ1) is 28.5. The summed E-state index contributed by atoms with van der Waals surface area (Å²) in [5.41, 5.74) is 0. The molecular formula is C36H62. The molecule has 0 heterocycles. The van der Waals surface area contributed by atoms with Gasteiger partial charge in [-0.15, -0.1) is 0 Å². The van der Waals surface area contributed by atoms with Crippen LogP contribution in [0.3, 0.4) is 0 Å². The van der Waals surface area contributed by atoms with E-state index in [2.05, 4.69) is 38.2 Å². The molecule has 0 bridgehead atoms. The Morgan fingerprint density at radius 3 is 1.11 bits per heavy atom. The Kier molecular flexibility index (Phi) is 12.5. The van der Waals surface area contributed by atoms with Gasteiger partial charge in [0.2, 0.25) is 0 Å². The summed E-state index contributed by atoms with van der Waals surface area (Å²) in [5.74, 6) is 7.79. The zero-order valence-corrected chi connectivity index (χ0v) is 24.5. The number of unbranched alkanes of at least 4 members (excludes halogenated alkanes) is 2. The number of hydrogen-bond acceptors (Lipinski definition) is 0. The van der Waals surface area contributed by atoms with E-state index in [1.807, 2.05) is 0 Å². The quantitative estimate of drug-likeness (QED) is 0.198. The maximum Gasteiger partial charge on any atom is -0.0233 e. The molecule has 4 rings (SSSR count). The van der Waals surface area contributed by atoms with Crippen molar-refractivity contribution in [2.24, 2.45) is 47.3 Å². The minimum atomic E-state index is 0.898. The van der Waals surface area contributed by atoms with Gasteiger partial charge in [-0.25, -0.2) is 0 Å². The molecule has 4 saturated carbocycles. The normalized spacial score (nSPS) is 38.6. The van der Waals surface area contributed by atoms with Gasteiger partial charge in [0.1, 0.15) is 0 Å². The van der Waals surface area contributed by atoms with E-state index in [0.29, 0.717) is 0 Å². The van der Waals surface area contributed by atoms with Crippen LogP contribution in [0, 0.1) is 47.3 Å². The average Bonchev–Trinajstić information content (AvgIpc) is 2.93. The molecule has 0 aromatic heterocycles. The lowest BCUT2D eigenvalue weighted by atomic mass is 9.69. The van der Waals surface area contributed by atoms with Gasteiger partial charge in [0.25, 0.3) is 0 Å². The molecule has 4 aliphatic rings. The smallest absolute Gasteiger partial charge is 0.0233 e. The van der Waals surface area contributed by atoms with Gasteiger partial charge in [0, 0.05) is 0 Å². The highest BCUT2D eigenvalue weighted by Crippen LogP contribution is 2.43. The second-order valence-electron chi connectivity index (χ2n) is 14.0. The first-order valence-corrected chi connectivity index (χ1v) is 17.1. The Labute approximate surface area is 226 Å². The van der Waals surface area contributed by atoms with Crippen LogP contribution in [0.1, 0.15) is 155 Å². The predicted octanol–water partition coefficient (Wildman–Crippen LogP) is 11.7. The third kappa shape index (κ3) is 9.34. The molecule has 0 aromatic carbocycles. The van der Waals surface area contributed by atoms with Crippen LogP contribution in [0.4, 0.5) is 0 Å². The van der Waals surface area contributed by atoms with Crippen molar-refractivity contribution in [2.75, 3.05) is 0 Å². The van der Waals surface area contributed by atoms with Crippen LogP contribution in [-0.4, -0.2) is 0 Å². The maximum absolute atomic E-state index is 2.68. The van der Waals surface area contributed by atoms with Crippen molar-refractivity contribution in [1.29, 1.82) is 0 Å². The average molecular weight is 495 g/mol. The molecule has 0 heteroatoms. The number of rotatable bonds is 11. The van der Waals surface area contributed by atoms with Gasteiger partial charge in [0.15, 0.2) is 0 Å². The van der Waals surface area contributed by atoms with Crippen LogP contribution in [0.25, 0.3) is 0 Å². The summed E-state index contributed by atoms with van der Waals surface area (Å²) in [4.78, 5) is 0. The Hall–Kier alpha value is -0.520. The highest BCUT2D eigenvalue weighted by atomic mass is 14.4. The molecule has 0 aliphatic heterocycles. The molecule has 0 saturated heterocycles. The van der Waals surface area contributed by atoms with Crippen LogP contribution in [0.15, 0.2) is 24.3 Å². The Balaban J connectivity index is 1.07. The molecule has 0 spiro atoms. The van der Waals surface area contributed by atoms with Gasteiger partial charge in [-0.05, 0) is 150 Å². The van der Waals surface area contributed by atoms with Gasteiger partial charge >= 0.3 is 0 Å². The van der Waals surface area contributed by atoms with Crippen LogP contribution in [0.2, 0.25) is 0 Å². The molecule has 0 nitrogen and oxygen atoms in total. The highest BCUT2D eigenvalue weighted by molar-refractivity contribution is 4.99. The van der Waals surface area contributed by atoms with Crippen molar-refractivity contribution in [3.05, 3.63) is 24.3 Å². The van der Waals surface area contributed by atoms with Crippen molar-refractivity contribution in [3.8, 4) is 0 Å². The van der Waals surface area contributed by atoms with E-state index in [4.69, 9.17) is 0 Å². The summed E-state index contributed by atoms with van der Waals surface area (Å²) in [5, 5.41) is 0. The topological polar surface area (TPSA) is 0 Å². The molecule has 36 heavy (non-hydrogen) atoms. The van der Waals surface area contributed by atoms with Crippen molar-refractivity contribution >= 4 is 0 Å². The molecule has 0 radical (unpaired) electrons. The fourth-order valence-electron chi connectivity index (χ4n) is 8.68. The van der Waals surface area contributed by atoms with Crippen molar-refractivity contribution in [3.63, 3.8) is 0 Å². The third-order valence-electron chi connectivity index (χ3n) is 11.3. The third-order valence-corrected chi connectivity index (χ3v) is 11.3. The summed E-state index contributed by atoms with van der Waals surface area (Å²) in [6, 6.07) is 0. The molecule has 4 fully saturated rings. The van der Waals surface area contributed by atoms with Crippen LogP contribution in [0.5, 0.6) is 0 Å². The van der Waals surface area contributed by atoms with Crippen molar-refractivity contribution in [1.82, 2.24) is 0 Å². The monoisotopic (exact) mass is 494 g/mol. The minimum Gasteiger partial charge on any atom is -0.0851 e. The first-order chi connectivity index (χ1) is 17.7. The van der Waals surface area contributed by atoms with Gasteiger partial charge in [-0.2, -0.15) is 0 Å². The van der Waals surface area contributed by atoms with Gasteiger partial charge < -0.3 is 0 Å². The van der Waals surface area contributed by atoms with E-state index in [1.54, 1.807) is 0 Å². The lowest BCUT2D eigenvalue weighted by Gasteiger charge is -2.37. The SMILES string of the molecule is CCCCC[C@H]1CC[C@H](C=C[C@H]2CC[C@H]([C@H]3CC[C@H](C=C[C@H]4CC[C@H](CCC)CC4)CC3)CC2)CC1. The zero-order chi connectivity index (χ0) is 25.0. The summed E-state index contributed by atoms with van der Waals surface area (Å²) < 4.78 is 0. The second kappa shape index (κ2) is 15.8. The standard InChI is InChI=1S/C36H62/c1-3-5-6-8-30-11-15-32(16-12-30)18-20-34-23-27-36(28-24-34)35-25-21-33(22-26-35)19-17-31-13-9-29(7-4-2)10-14-31/h17-20,29-36H,3-16,21-28H2,1-2H3/t29-,30-,31-,32-,33-,34-,35-,36-. The number of hydrogen-bond donors (Lipinski definition) is 0. The highest BCUT2D eigenvalue weighted by Gasteiger charge is 2.30. The summed E-state index contributed by atoms with van der Waals surface area (Å²) in [6.45, 7) is 4.69. The lowest BCUT2D eigenvalue weighted by Crippen LogP contribution is -2.25. The van der Waals surface area contributed by atoms with Gasteiger partial charge in [-0.1, -0.05) is 76.7 Å². The second-order valence-corrected chi connectivity index (χ2v) is 14.0. The Morgan fingerprint density at radius 1 is 0.389 bits per heavy atom. The van der Waals surface area contributed by atoms with Crippen molar-refractivity contribution in [2.45, 2.75) is 155 Å². The van der Waals surface area contributed by atoms with Crippen LogP contribution in [-0.2, 0) is 0 Å². The van der Waals surface area contributed by atoms with E-state index in [1.165, 1.54) is 141 Å². The minimum absolute atomic E-state index is 0.898. The first-order valence-electron chi connectivity index (χ1n) is 17.1. The summed E-state index contributed by atoms with van der Waals surface area (Å²) in [7, 11) is 0. The lowest BCUT2D eigenvalue weighted by molar-refractivity contribution is 0.166. The molecule has 0 atom stereocenters. The van der Waals surface area contributed by atoms with Crippen molar-refractivity contribution < 1.29 is 0 Å². The Morgan fingerprint density at radius 2 is 0.750 bits per heavy atom. The fraction of sp³-hybridized carbons (Fsp3) is 0.889. The van der Waals surface area contributed by atoms with E-state index in [0.717, 1.165) is 47.3 Å². The largest absolute Gasteiger partial charge is 0.0851 e. The zero-order valence-electron chi connectivity index (χ0n) is 24.5. The molecule has 4 aliphatic carbocycles. The van der Waals surface area contributed by atoms with Crippen LogP contribution < -0.4 is 0 Å². The van der Waals surface area contributed by atoms with Gasteiger partial charge in [-0.3, -0.25) is 0 Å². The molecule has 206 valence electrons. The molecule has 0 unspecified atom stereocenters. The Bertz CT molecular complexity index is 610. The molecule has 0 N–H and O–H groups in total. The molecule has 0 aromatic rings. The van der Waals surface area contributed by atoms with E-state index in [-0.39, 0.29) is 0 Å². The predicted molar refractivity (Wildman–Crippen MR) is 159 cm³/mol. The summed E-state index contributed by atoms with van der Waals surface area (Å²) in [6.07, 6.45) is 43.2. The van der Waals surface area contributed by atoms with E-state index >= 15 is 0 Å². The van der Waals surface area contributed by atoms with E-state index in [9.17, 15) is 0 Å². The van der Waals surface area contributed by atoms with Gasteiger partial charge in [0.05, 0.1) is 0 Å². The van der Waals surface area contributed by atoms with E-state index < -0.39 is 0 Å². The molecule has 0 amide bonds. The maximum atomic E-state index is 2.68. The van der Waals surface area contributed by atoms with Crippen LogP contribution >= 0.6 is 0 Å². The number of allylic oxidation sites excluding steroid dienone is 4. The molecular weight excluding hydrogens is 432 g/mol. The summed E-state index contributed by atoms with van der Waals surface area (Å²) >= 11 is 0.